The third kappa shape index (κ3) is 2.82. The fraction of sp³-hybridized carbons (Fsp3) is 0.250. The van der Waals surface area contributed by atoms with Crippen molar-refractivity contribution in [1.82, 2.24) is 0 Å². The van der Waals surface area contributed by atoms with Gasteiger partial charge in [-0.1, -0.05) is 62.4 Å². The second kappa shape index (κ2) is 5.80. The number of carbonyl (C=O) groups is 1. The summed E-state index contributed by atoms with van der Waals surface area (Å²) in [5, 5.41) is 0. The summed E-state index contributed by atoms with van der Waals surface area (Å²) in [6.07, 6.45) is 4.53. The van der Waals surface area contributed by atoms with Crippen LogP contribution in [0.25, 0.3) is 6.08 Å². The van der Waals surface area contributed by atoms with Crippen LogP contribution in [0.3, 0.4) is 0 Å². The number of anilines is 1. The molecule has 2 nitrogen and oxygen atoms in total. The van der Waals surface area contributed by atoms with Gasteiger partial charge in [-0.2, -0.15) is 0 Å². The molecule has 1 heterocycles. The average Bonchev–Trinajstić information content (AvgIpc) is 2.54. The minimum Gasteiger partial charge on any atom is -0.309 e. The molecule has 0 radical (unpaired) electrons. The largest absolute Gasteiger partial charge is 0.309 e. The fourth-order valence-electron chi connectivity index (χ4n) is 2.98. The van der Waals surface area contributed by atoms with Crippen LogP contribution in [0.5, 0.6) is 0 Å². The van der Waals surface area contributed by atoms with E-state index in [2.05, 4.69) is 19.9 Å². The van der Waals surface area contributed by atoms with Crippen LogP contribution in [0, 0.1) is 0 Å². The third-order valence-electron chi connectivity index (χ3n) is 4.37. The summed E-state index contributed by atoms with van der Waals surface area (Å²) < 4.78 is 0. The Hall–Kier alpha value is -2.35. The summed E-state index contributed by atoms with van der Waals surface area (Å²) >= 11 is 0. The number of fused-ring (bicyclic) bond motifs is 1. The molecule has 0 fully saturated rings. The molecule has 22 heavy (non-hydrogen) atoms. The van der Waals surface area contributed by atoms with Gasteiger partial charge in [0.05, 0.1) is 0 Å². The van der Waals surface area contributed by atoms with Gasteiger partial charge in [-0.15, -0.1) is 0 Å². The van der Waals surface area contributed by atoms with Crippen molar-refractivity contribution in [3.05, 3.63) is 71.8 Å². The van der Waals surface area contributed by atoms with Gasteiger partial charge in [0.1, 0.15) is 0 Å². The van der Waals surface area contributed by atoms with Gasteiger partial charge in [0.2, 0.25) is 0 Å². The quantitative estimate of drug-likeness (QED) is 0.750. The van der Waals surface area contributed by atoms with E-state index >= 15 is 0 Å². The molecule has 2 aromatic rings. The first-order chi connectivity index (χ1) is 10.6. The Morgan fingerprint density at radius 3 is 2.50 bits per heavy atom. The lowest BCUT2D eigenvalue weighted by atomic mass is 9.77. The van der Waals surface area contributed by atoms with Crippen molar-refractivity contribution >= 4 is 17.7 Å². The van der Waals surface area contributed by atoms with E-state index in [-0.39, 0.29) is 11.3 Å². The topological polar surface area (TPSA) is 20.3 Å². The highest BCUT2D eigenvalue weighted by molar-refractivity contribution is 6.04. The minimum absolute atomic E-state index is 0.0480. The van der Waals surface area contributed by atoms with Crippen LogP contribution in [-0.2, 0) is 10.2 Å². The Kier molecular flexibility index (Phi) is 3.84. The smallest absolute Gasteiger partial charge is 0.250 e. The van der Waals surface area contributed by atoms with E-state index in [0.717, 1.165) is 24.2 Å². The molecule has 0 aliphatic carbocycles. The second-order valence-electron chi connectivity index (χ2n) is 6.38. The first-order valence-electron chi connectivity index (χ1n) is 7.72. The van der Waals surface area contributed by atoms with E-state index in [1.807, 2.05) is 59.5 Å². The molecule has 0 unspecified atom stereocenters. The molecule has 0 saturated heterocycles. The molecule has 1 aliphatic heterocycles. The molecule has 0 N–H and O–H groups in total. The van der Waals surface area contributed by atoms with Crippen molar-refractivity contribution in [2.45, 2.75) is 25.7 Å². The molecule has 0 spiro atoms. The van der Waals surface area contributed by atoms with Gasteiger partial charge < -0.3 is 4.90 Å². The number of hydrogen-bond acceptors (Lipinski definition) is 1. The van der Waals surface area contributed by atoms with Crippen molar-refractivity contribution in [1.29, 1.82) is 0 Å². The Balaban J connectivity index is 1.87. The lowest BCUT2D eigenvalue weighted by molar-refractivity contribution is -0.114. The first kappa shape index (κ1) is 14.6. The number of rotatable bonds is 2. The third-order valence-corrected chi connectivity index (χ3v) is 4.37. The number of para-hydroxylation sites is 1. The summed E-state index contributed by atoms with van der Waals surface area (Å²) in [4.78, 5) is 14.5. The molecule has 0 bridgehead atoms. The summed E-state index contributed by atoms with van der Waals surface area (Å²) in [5.74, 6) is 0.0480. The van der Waals surface area contributed by atoms with Crippen molar-refractivity contribution in [3.8, 4) is 0 Å². The van der Waals surface area contributed by atoms with Gasteiger partial charge >= 0.3 is 0 Å². The number of amides is 1. The average molecular weight is 291 g/mol. The maximum Gasteiger partial charge on any atom is 0.250 e. The summed E-state index contributed by atoms with van der Waals surface area (Å²) in [5.41, 5.74) is 3.46. The standard InChI is InChI=1S/C20H21NO/c1-20(2)14-15-21(18-11-7-6-10-17(18)20)19(22)13-12-16-8-4-3-5-9-16/h3-13H,14-15H2,1-2H3. The van der Waals surface area contributed by atoms with Gasteiger partial charge in [0.15, 0.2) is 0 Å². The summed E-state index contributed by atoms with van der Waals surface area (Å²) in [6.45, 7) is 5.25. The van der Waals surface area contributed by atoms with Crippen molar-refractivity contribution in [2.75, 3.05) is 11.4 Å². The van der Waals surface area contributed by atoms with Crippen LogP contribution in [0.2, 0.25) is 0 Å². The zero-order valence-corrected chi connectivity index (χ0v) is 13.1. The van der Waals surface area contributed by atoms with Crippen LogP contribution < -0.4 is 4.90 Å². The Labute approximate surface area is 132 Å². The highest BCUT2D eigenvalue weighted by Gasteiger charge is 2.32. The van der Waals surface area contributed by atoms with Gasteiger partial charge in [-0.25, -0.2) is 0 Å². The van der Waals surface area contributed by atoms with Gasteiger partial charge in [-0.3, -0.25) is 4.79 Å². The molecule has 0 saturated carbocycles. The molecular weight excluding hydrogens is 270 g/mol. The van der Waals surface area contributed by atoms with E-state index < -0.39 is 0 Å². The van der Waals surface area contributed by atoms with Crippen LogP contribution in [-0.4, -0.2) is 12.5 Å². The van der Waals surface area contributed by atoms with Gasteiger partial charge in [0.25, 0.3) is 5.91 Å². The van der Waals surface area contributed by atoms with Crippen molar-refractivity contribution in [3.63, 3.8) is 0 Å². The monoisotopic (exact) mass is 291 g/mol. The van der Waals surface area contributed by atoms with Crippen molar-refractivity contribution in [2.24, 2.45) is 0 Å². The van der Waals surface area contributed by atoms with Gasteiger partial charge in [-0.05, 0) is 35.1 Å². The Morgan fingerprint density at radius 1 is 1.05 bits per heavy atom. The molecular formula is C20H21NO. The molecule has 2 aromatic carbocycles. The second-order valence-corrected chi connectivity index (χ2v) is 6.38. The first-order valence-corrected chi connectivity index (χ1v) is 7.72. The Morgan fingerprint density at radius 2 is 1.73 bits per heavy atom. The maximum atomic E-state index is 12.6. The molecule has 3 rings (SSSR count). The van der Waals surface area contributed by atoms with E-state index in [1.165, 1.54) is 5.56 Å². The van der Waals surface area contributed by atoms with Crippen LogP contribution in [0.1, 0.15) is 31.4 Å². The number of hydrogen-bond donors (Lipinski definition) is 0. The molecule has 2 heteroatoms. The van der Waals surface area contributed by atoms with E-state index in [9.17, 15) is 4.79 Å². The predicted octanol–water partition coefficient (Wildman–Crippen LogP) is 4.41. The van der Waals surface area contributed by atoms with Crippen LogP contribution in [0.4, 0.5) is 5.69 Å². The van der Waals surface area contributed by atoms with Crippen LogP contribution >= 0.6 is 0 Å². The lowest BCUT2D eigenvalue weighted by Gasteiger charge is -2.38. The molecule has 0 aromatic heterocycles. The molecule has 1 amide bonds. The highest BCUT2D eigenvalue weighted by atomic mass is 16.2. The zero-order valence-electron chi connectivity index (χ0n) is 13.1. The molecule has 1 aliphatic rings. The highest BCUT2D eigenvalue weighted by Crippen LogP contribution is 2.39. The maximum absolute atomic E-state index is 12.6. The van der Waals surface area contributed by atoms with Crippen molar-refractivity contribution < 1.29 is 4.79 Å². The summed E-state index contributed by atoms with van der Waals surface area (Å²) in [7, 11) is 0. The predicted molar refractivity (Wildman–Crippen MR) is 91.9 cm³/mol. The van der Waals surface area contributed by atoms with Crippen LogP contribution in [0.15, 0.2) is 60.7 Å². The Bertz CT molecular complexity index is 701. The van der Waals surface area contributed by atoms with E-state index in [4.69, 9.17) is 0 Å². The SMILES string of the molecule is CC1(C)CCN(C(=O)C=Cc2ccccc2)c2ccccc21. The number of nitrogens with zero attached hydrogens (tertiary/aromatic N) is 1. The van der Waals surface area contributed by atoms with Gasteiger partial charge in [0, 0.05) is 18.3 Å². The number of benzene rings is 2. The molecule has 112 valence electrons. The normalized spacial score (nSPS) is 16.5. The summed E-state index contributed by atoms with van der Waals surface area (Å²) in [6, 6.07) is 18.2. The lowest BCUT2D eigenvalue weighted by Crippen LogP contribution is -2.40. The fourth-order valence-corrected chi connectivity index (χ4v) is 2.98. The van der Waals surface area contributed by atoms with E-state index in [1.54, 1.807) is 6.08 Å². The van der Waals surface area contributed by atoms with E-state index in [0.29, 0.717) is 0 Å². The number of carbonyl (C=O) groups excluding carboxylic acids is 1. The minimum atomic E-state index is 0.0480. The zero-order chi connectivity index (χ0) is 15.6. The molecule has 0 atom stereocenters.